The summed E-state index contributed by atoms with van der Waals surface area (Å²) in [5, 5.41) is 3.08. The molecule has 0 aromatic carbocycles. The lowest BCUT2D eigenvalue weighted by atomic mass is 9.79. The molecule has 0 aromatic heterocycles. The molecule has 1 aliphatic carbocycles. The molecule has 0 spiro atoms. The largest absolute Gasteiger partial charge is 0.356 e. The van der Waals surface area contributed by atoms with Crippen LogP contribution >= 0.6 is 0 Å². The maximum atomic E-state index is 12.0. The van der Waals surface area contributed by atoms with Crippen LogP contribution in [-0.2, 0) is 4.79 Å². The predicted molar refractivity (Wildman–Crippen MR) is 76.2 cm³/mol. The van der Waals surface area contributed by atoms with E-state index in [0.29, 0.717) is 12.0 Å². The van der Waals surface area contributed by atoms with Gasteiger partial charge in [0.05, 0.1) is 0 Å². The minimum atomic E-state index is 0.199. The van der Waals surface area contributed by atoms with Crippen molar-refractivity contribution in [2.45, 2.75) is 65.3 Å². The van der Waals surface area contributed by atoms with Crippen LogP contribution in [0.2, 0.25) is 0 Å². The Bertz CT molecular complexity index is 253. The van der Waals surface area contributed by atoms with Crippen molar-refractivity contribution in [1.29, 1.82) is 0 Å². The van der Waals surface area contributed by atoms with Gasteiger partial charge in [-0.15, -0.1) is 0 Å². The Morgan fingerprint density at radius 3 is 2.67 bits per heavy atom. The monoisotopic (exact) mass is 254 g/mol. The lowest BCUT2D eigenvalue weighted by Gasteiger charge is -2.31. The van der Waals surface area contributed by atoms with E-state index in [-0.39, 0.29) is 11.8 Å². The summed E-state index contributed by atoms with van der Waals surface area (Å²) < 4.78 is 0. The maximum Gasteiger partial charge on any atom is 0.223 e. The second-order valence-electron chi connectivity index (χ2n) is 6.33. The molecule has 0 aromatic rings. The molecule has 3 N–H and O–H groups in total. The number of nitrogens with two attached hydrogens (primary N) is 1. The van der Waals surface area contributed by atoms with Crippen LogP contribution < -0.4 is 11.1 Å². The third-order valence-electron chi connectivity index (χ3n) is 4.11. The van der Waals surface area contributed by atoms with E-state index in [9.17, 15) is 4.79 Å². The Hall–Kier alpha value is -0.570. The third kappa shape index (κ3) is 5.38. The lowest BCUT2D eigenvalue weighted by molar-refractivity contribution is -0.126. The number of rotatable bonds is 6. The van der Waals surface area contributed by atoms with Gasteiger partial charge in [-0.25, -0.2) is 0 Å². The summed E-state index contributed by atoms with van der Waals surface area (Å²) in [5.41, 5.74) is 5.98. The highest BCUT2D eigenvalue weighted by Crippen LogP contribution is 2.27. The van der Waals surface area contributed by atoms with Crippen molar-refractivity contribution in [2.75, 3.05) is 6.54 Å². The zero-order valence-corrected chi connectivity index (χ0v) is 12.2. The summed E-state index contributed by atoms with van der Waals surface area (Å²) in [6, 6.07) is 0.292. The molecule has 1 amide bonds. The highest BCUT2D eigenvalue weighted by Gasteiger charge is 2.29. The highest BCUT2D eigenvalue weighted by molar-refractivity contribution is 5.78. The third-order valence-corrected chi connectivity index (χ3v) is 4.11. The van der Waals surface area contributed by atoms with Gasteiger partial charge in [-0.05, 0) is 37.5 Å². The van der Waals surface area contributed by atoms with E-state index in [1.807, 2.05) is 0 Å². The van der Waals surface area contributed by atoms with Crippen molar-refractivity contribution in [3.05, 3.63) is 0 Å². The van der Waals surface area contributed by atoms with Crippen LogP contribution in [0, 0.1) is 17.8 Å². The van der Waals surface area contributed by atoms with Crippen LogP contribution in [0.25, 0.3) is 0 Å². The molecule has 106 valence electrons. The number of hydrogen-bond acceptors (Lipinski definition) is 2. The van der Waals surface area contributed by atoms with Gasteiger partial charge in [0.25, 0.3) is 0 Å². The van der Waals surface area contributed by atoms with Crippen molar-refractivity contribution in [1.82, 2.24) is 5.32 Å². The van der Waals surface area contributed by atoms with Gasteiger partial charge in [-0.1, -0.05) is 33.6 Å². The molecule has 0 radical (unpaired) electrons. The van der Waals surface area contributed by atoms with Crippen molar-refractivity contribution >= 4 is 5.91 Å². The molecule has 3 heteroatoms. The van der Waals surface area contributed by atoms with Gasteiger partial charge in [0.1, 0.15) is 0 Å². The Kier molecular flexibility index (Phi) is 6.69. The van der Waals surface area contributed by atoms with Crippen LogP contribution in [-0.4, -0.2) is 18.5 Å². The smallest absolute Gasteiger partial charge is 0.223 e. The van der Waals surface area contributed by atoms with E-state index in [1.54, 1.807) is 0 Å². The zero-order valence-electron chi connectivity index (χ0n) is 12.2. The van der Waals surface area contributed by atoms with E-state index in [2.05, 4.69) is 26.1 Å². The Morgan fingerprint density at radius 2 is 2.06 bits per heavy atom. The van der Waals surface area contributed by atoms with Gasteiger partial charge in [-0.2, -0.15) is 0 Å². The molecule has 0 bridgehead atoms. The quantitative estimate of drug-likeness (QED) is 0.716. The molecule has 18 heavy (non-hydrogen) atoms. The summed E-state index contributed by atoms with van der Waals surface area (Å²) in [6.45, 7) is 7.48. The van der Waals surface area contributed by atoms with Crippen molar-refractivity contribution in [3.8, 4) is 0 Å². The number of unbranched alkanes of at least 4 members (excludes halogenated alkanes) is 1. The first-order chi connectivity index (χ1) is 8.50. The van der Waals surface area contributed by atoms with Crippen LogP contribution in [0.15, 0.2) is 0 Å². The van der Waals surface area contributed by atoms with Gasteiger partial charge in [0, 0.05) is 18.5 Å². The lowest BCUT2D eigenvalue weighted by Crippen LogP contribution is -2.40. The zero-order chi connectivity index (χ0) is 13.5. The fourth-order valence-electron chi connectivity index (χ4n) is 2.69. The maximum absolute atomic E-state index is 12.0. The molecular weight excluding hydrogens is 224 g/mol. The van der Waals surface area contributed by atoms with Gasteiger partial charge in [0.15, 0.2) is 0 Å². The van der Waals surface area contributed by atoms with E-state index in [1.165, 1.54) is 12.8 Å². The second kappa shape index (κ2) is 7.78. The molecule has 3 nitrogen and oxygen atoms in total. The predicted octanol–water partition coefficient (Wildman–Crippen LogP) is 2.69. The first kappa shape index (κ1) is 15.5. The Balaban J connectivity index is 2.13. The standard InChI is InChI=1S/C15H30N2O/c1-11(2)6-4-5-9-17-15(18)13-7-8-14(16)12(3)10-13/h11-14H,4-10,16H2,1-3H3,(H,17,18). The first-order valence-corrected chi connectivity index (χ1v) is 7.54. The fraction of sp³-hybridized carbons (Fsp3) is 0.933. The number of amides is 1. The summed E-state index contributed by atoms with van der Waals surface area (Å²) in [7, 11) is 0. The molecule has 0 saturated heterocycles. The molecule has 1 aliphatic rings. The molecule has 1 rings (SSSR count). The average molecular weight is 254 g/mol. The van der Waals surface area contributed by atoms with Crippen LogP contribution in [0.4, 0.5) is 0 Å². The molecule has 3 unspecified atom stereocenters. The molecule has 0 heterocycles. The summed E-state index contributed by atoms with van der Waals surface area (Å²) in [5.74, 6) is 1.69. The fourth-order valence-corrected chi connectivity index (χ4v) is 2.69. The average Bonchev–Trinajstić information content (AvgIpc) is 2.31. The molecule has 0 aliphatic heterocycles. The molecule has 3 atom stereocenters. The molecule has 1 fully saturated rings. The SMILES string of the molecule is CC(C)CCCCNC(=O)C1CCC(N)C(C)C1. The Morgan fingerprint density at radius 1 is 1.33 bits per heavy atom. The normalized spacial score (nSPS) is 28.4. The highest BCUT2D eigenvalue weighted by atomic mass is 16.1. The summed E-state index contributed by atoms with van der Waals surface area (Å²) in [6.07, 6.45) is 6.48. The van der Waals surface area contributed by atoms with Crippen LogP contribution in [0.3, 0.4) is 0 Å². The Labute approximate surface area is 112 Å². The van der Waals surface area contributed by atoms with Gasteiger partial charge in [-0.3, -0.25) is 4.79 Å². The second-order valence-corrected chi connectivity index (χ2v) is 6.33. The number of hydrogen-bond donors (Lipinski definition) is 2. The van der Waals surface area contributed by atoms with Gasteiger partial charge >= 0.3 is 0 Å². The molecular formula is C15H30N2O. The number of nitrogens with one attached hydrogen (secondary N) is 1. The van der Waals surface area contributed by atoms with Crippen LogP contribution in [0.5, 0.6) is 0 Å². The van der Waals surface area contributed by atoms with Gasteiger partial charge in [0.2, 0.25) is 5.91 Å². The molecule has 1 saturated carbocycles. The van der Waals surface area contributed by atoms with Crippen molar-refractivity contribution < 1.29 is 4.79 Å². The van der Waals surface area contributed by atoms with E-state index >= 15 is 0 Å². The topological polar surface area (TPSA) is 55.1 Å². The number of carbonyl (C=O) groups is 1. The van der Waals surface area contributed by atoms with Crippen molar-refractivity contribution in [2.24, 2.45) is 23.5 Å². The van der Waals surface area contributed by atoms with E-state index in [4.69, 9.17) is 5.73 Å². The summed E-state index contributed by atoms with van der Waals surface area (Å²) >= 11 is 0. The summed E-state index contributed by atoms with van der Waals surface area (Å²) in [4.78, 5) is 12.0. The first-order valence-electron chi connectivity index (χ1n) is 7.54. The number of carbonyl (C=O) groups excluding carboxylic acids is 1. The van der Waals surface area contributed by atoms with Crippen LogP contribution in [0.1, 0.15) is 59.3 Å². The van der Waals surface area contributed by atoms with Crippen molar-refractivity contribution in [3.63, 3.8) is 0 Å². The van der Waals surface area contributed by atoms with E-state index in [0.717, 1.165) is 38.1 Å². The minimum Gasteiger partial charge on any atom is -0.356 e. The van der Waals surface area contributed by atoms with Gasteiger partial charge < -0.3 is 11.1 Å². The minimum absolute atomic E-state index is 0.199. The van der Waals surface area contributed by atoms with E-state index < -0.39 is 0 Å².